The van der Waals surface area contributed by atoms with E-state index in [0.29, 0.717) is 18.7 Å². The average Bonchev–Trinajstić information content (AvgIpc) is 3.43. The Balaban J connectivity index is 1.42. The lowest BCUT2D eigenvalue weighted by Gasteiger charge is -2.28. The number of ether oxygens (including phenoxy) is 1. The van der Waals surface area contributed by atoms with E-state index in [1.54, 1.807) is 11.3 Å². The number of carboxylic acids is 1. The van der Waals surface area contributed by atoms with Crippen LogP contribution in [-0.4, -0.2) is 34.8 Å². The van der Waals surface area contributed by atoms with Crippen LogP contribution < -0.4 is 9.64 Å². The van der Waals surface area contributed by atoms with Crippen LogP contribution in [-0.2, 0) is 4.79 Å². The molecule has 2 aliphatic carbocycles. The van der Waals surface area contributed by atoms with Gasteiger partial charge in [0.2, 0.25) is 0 Å². The normalized spacial score (nSPS) is 22.2. The van der Waals surface area contributed by atoms with Crippen molar-refractivity contribution in [2.75, 3.05) is 11.4 Å². The first-order valence-electron chi connectivity index (χ1n) is 11.3. The number of rotatable bonds is 8. The Morgan fingerprint density at radius 1 is 1.13 bits per heavy atom. The number of hydrogen-bond acceptors (Lipinski definition) is 5. The summed E-state index contributed by atoms with van der Waals surface area (Å²) in [4.78, 5) is 18.2. The highest BCUT2D eigenvalue weighted by molar-refractivity contribution is 7.14. The predicted octanol–water partition coefficient (Wildman–Crippen LogP) is 5.99. The minimum atomic E-state index is -0.752. The molecule has 0 spiro atoms. The summed E-state index contributed by atoms with van der Waals surface area (Å²) in [6.07, 6.45) is 9.97. The van der Waals surface area contributed by atoms with Crippen LogP contribution in [0.1, 0.15) is 64.7 Å². The van der Waals surface area contributed by atoms with E-state index in [0.717, 1.165) is 53.7 Å². The Morgan fingerprint density at radius 2 is 1.83 bits per heavy atom. The van der Waals surface area contributed by atoms with E-state index in [2.05, 4.69) is 29.3 Å². The summed E-state index contributed by atoms with van der Waals surface area (Å²) >= 11 is 1.61. The molecule has 1 heterocycles. The molecule has 0 aliphatic heterocycles. The third kappa shape index (κ3) is 5.34. The monoisotopic (exact) mass is 428 g/mol. The minimum Gasteiger partial charge on any atom is -0.490 e. The zero-order valence-corrected chi connectivity index (χ0v) is 18.6. The lowest BCUT2D eigenvalue weighted by molar-refractivity contribution is -0.136. The summed E-state index contributed by atoms with van der Waals surface area (Å²) in [5, 5.41) is 12.2. The first kappa shape index (κ1) is 21.2. The van der Waals surface area contributed by atoms with Gasteiger partial charge in [0.25, 0.3) is 0 Å². The highest BCUT2D eigenvalue weighted by atomic mass is 32.1. The van der Waals surface area contributed by atoms with Crippen molar-refractivity contribution < 1.29 is 14.6 Å². The van der Waals surface area contributed by atoms with Gasteiger partial charge < -0.3 is 14.7 Å². The number of aromatic nitrogens is 1. The average molecular weight is 429 g/mol. The van der Waals surface area contributed by atoms with Crippen LogP contribution in [0.2, 0.25) is 0 Å². The molecule has 30 heavy (non-hydrogen) atoms. The summed E-state index contributed by atoms with van der Waals surface area (Å²) in [5.74, 6) is 1.01. The van der Waals surface area contributed by atoms with E-state index in [-0.39, 0.29) is 6.42 Å². The summed E-state index contributed by atoms with van der Waals surface area (Å²) in [6.45, 7) is 2.85. The molecule has 1 N–H and O–H groups in total. The molecule has 2 aliphatic rings. The number of carbonyl (C=O) groups is 1. The van der Waals surface area contributed by atoms with Crippen molar-refractivity contribution in [2.45, 2.75) is 76.9 Å². The fraction of sp³-hybridized carbons (Fsp3) is 0.583. The Labute approximate surface area is 183 Å². The van der Waals surface area contributed by atoms with Crippen molar-refractivity contribution in [2.24, 2.45) is 5.92 Å². The van der Waals surface area contributed by atoms with Gasteiger partial charge in [-0.1, -0.05) is 19.8 Å². The molecule has 162 valence electrons. The molecule has 2 saturated carbocycles. The topological polar surface area (TPSA) is 62.7 Å². The van der Waals surface area contributed by atoms with Gasteiger partial charge in [0, 0.05) is 23.5 Å². The van der Waals surface area contributed by atoms with Gasteiger partial charge in [-0.2, -0.15) is 0 Å². The molecule has 0 amide bonds. The molecule has 0 bridgehead atoms. The number of anilines is 1. The molecular formula is C24H32N2O3S. The molecule has 2 fully saturated rings. The van der Waals surface area contributed by atoms with Crippen LogP contribution in [0.15, 0.2) is 29.6 Å². The molecular weight excluding hydrogens is 396 g/mol. The maximum Gasteiger partial charge on any atom is 0.305 e. The molecule has 0 saturated heterocycles. The Hall–Kier alpha value is -2.08. The Morgan fingerprint density at radius 3 is 2.50 bits per heavy atom. The van der Waals surface area contributed by atoms with Crippen LogP contribution in [0, 0.1) is 5.92 Å². The van der Waals surface area contributed by atoms with Crippen molar-refractivity contribution in [3.05, 3.63) is 29.6 Å². The van der Waals surface area contributed by atoms with E-state index >= 15 is 0 Å². The van der Waals surface area contributed by atoms with E-state index in [4.69, 9.17) is 14.8 Å². The zero-order chi connectivity index (χ0) is 20.9. The molecule has 2 aromatic rings. The summed E-state index contributed by atoms with van der Waals surface area (Å²) < 4.78 is 6.18. The standard InChI is InChI=1S/C24H32N2O3S/c1-17-6-10-20(11-7-17)29-21-12-8-18(9-13-21)22-16-30-24(25-22)26(15-14-23(27)28)19-4-2-3-5-19/h8-9,12-13,16-17,19-20H,2-7,10-11,14-15H2,1H3,(H,27,28)/t17-,20-. The summed E-state index contributed by atoms with van der Waals surface area (Å²) in [5.41, 5.74) is 2.03. The predicted molar refractivity (Wildman–Crippen MR) is 121 cm³/mol. The largest absolute Gasteiger partial charge is 0.490 e. The second kappa shape index (κ2) is 9.82. The van der Waals surface area contributed by atoms with Gasteiger partial charge in [-0.3, -0.25) is 4.79 Å². The number of benzene rings is 1. The second-order valence-electron chi connectivity index (χ2n) is 8.81. The maximum atomic E-state index is 11.1. The van der Waals surface area contributed by atoms with Gasteiger partial charge >= 0.3 is 5.97 Å². The van der Waals surface area contributed by atoms with Gasteiger partial charge in [-0.15, -0.1) is 11.3 Å². The Bertz CT molecular complexity index is 821. The van der Waals surface area contributed by atoms with Gasteiger partial charge in [-0.05, 0) is 68.7 Å². The highest BCUT2D eigenvalue weighted by Crippen LogP contribution is 2.34. The fourth-order valence-corrected chi connectivity index (χ4v) is 5.57. The molecule has 1 aromatic carbocycles. The number of nitrogens with zero attached hydrogens (tertiary/aromatic N) is 2. The molecule has 6 heteroatoms. The van der Waals surface area contributed by atoms with Crippen LogP contribution in [0.4, 0.5) is 5.13 Å². The highest BCUT2D eigenvalue weighted by Gasteiger charge is 2.25. The molecule has 1 aromatic heterocycles. The van der Waals surface area contributed by atoms with Gasteiger partial charge in [0.05, 0.1) is 18.2 Å². The zero-order valence-electron chi connectivity index (χ0n) is 17.8. The molecule has 0 unspecified atom stereocenters. The number of carboxylic acid groups (broad SMARTS) is 1. The number of thiazole rings is 1. The molecule has 5 nitrogen and oxygen atoms in total. The van der Waals surface area contributed by atoms with Gasteiger partial charge in [0.15, 0.2) is 5.13 Å². The van der Waals surface area contributed by atoms with E-state index in [9.17, 15) is 4.79 Å². The molecule has 4 rings (SSSR count). The van der Waals surface area contributed by atoms with Gasteiger partial charge in [-0.25, -0.2) is 4.98 Å². The third-order valence-corrected chi connectivity index (χ3v) is 7.36. The smallest absolute Gasteiger partial charge is 0.305 e. The molecule has 0 atom stereocenters. The Kier molecular flexibility index (Phi) is 6.93. The number of aliphatic carboxylic acids is 1. The first-order chi connectivity index (χ1) is 14.6. The van der Waals surface area contributed by atoms with Crippen molar-refractivity contribution in [3.63, 3.8) is 0 Å². The van der Waals surface area contributed by atoms with Gasteiger partial charge in [0.1, 0.15) is 5.75 Å². The van der Waals surface area contributed by atoms with Crippen molar-refractivity contribution in [1.82, 2.24) is 4.98 Å². The van der Waals surface area contributed by atoms with Crippen molar-refractivity contribution in [3.8, 4) is 17.0 Å². The quantitative estimate of drug-likeness (QED) is 0.559. The lowest BCUT2D eigenvalue weighted by Crippen LogP contribution is -2.35. The molecule has 0 radical (unpaired) electrons. The van der Waals surface area contributed by atoms with Crippen molar-refractivity contribution >= 4 is 22.4 Å². The number of hydrogen-bond donors (Lipinski definition) is 1. The summed E-state index contributed by atoms with van der Waals surface area (Å²) in [6, 6.07) is 8.67. The van der Waals surface area contributed by atoms with E-state index in [1.165, 1.54) is 25.7 Å². The van der Waals surface area contributed by atoms with Crippen LogP contribution in [0.25, 0.3) is 11.3 Å². The second-order valence-corrected chi connectivity index (χ2v) is 9.65. The summed E-state index contributed by atoms with van der Waals surface area (Å²) in [7, 11) is 0. The van der Waals surface area contributed by atoms with E-state index < -0.39 is 5.97 Å². The van der Waals surface area contributed by atoms with Crippen LogP contribution >= 0.6 is 11.3 Å². The third-order valence-electron chi connectivity index (χ3n) is 6.49. The van der Waals surface area contributed by atoms with Crippen molar-refractivity contribution in [1.29, 1.82) is 0 Å². The fourth-order valence-electron chi connectivity index (χ4n) is 4.64. The SMILES string of the molecule is C[C@H]1CC[C@H](Oc2ccc(-c3csc(N(CCC(=O)O)C4CCCC4)n3)cc2)CC1. The van der Waals surface area contributed by atoms with Crippen LogP contribution in [0.3, 0.4) is 0 Å². The maximum absolute atomic E-state index is 11.1. The minimum absolute atomic E-state index is 0.150. The lowest BCUT2D eigenvalue weighted by atomic mass is 9.89. The first-order valence-corrected chi connectivity index (χ1v) is 12.2. The van der Waals surface area contributed by atoms with Crippen LogP contribution in [0.5, 0.6) is 5.75 Å². The van der Waals surface area contributed by atoms with E-state index in [1.807, 2.05) is 12.1 Å².